The van der Waals surface area contributed by atoms with E-state index in [0.29, 0.717) is 19.0 Å². The first-order valence-electron chi connectivity index (χ1n) is 11.9. The molecule has 0 bridgehead atoms. The maximum absolute atomic E-state index is 10.6. The molecule has 1 aromatic carbocycles. The lowest BCUT2D eigenvalue weighted by Crippen LogP contribution is -2.35. The third kappa shape index (κ3) is 7.19. The van der Waals surface area contributed by atoms with Crippen LogP contribution in [0, 0.1) is 0 Å². The van der Waals surface area contributed by atoms with Crippen LogP contribution in [0.2, 0.25) is 0 Å². The van der Waals surface area contributed by atoms with Gasteiger partial charge in [-0.3, -0.25) is 0 Å². The first-order valence-corrected chi connectivity index (χ1v) is 12.7. The van der Waals surface area contributed by atoms with Crippen LogP contribution in [0.15, 0.2) is 41.9 Å². The molecular formula is C24H26F3N9O2S. The fraction of sp³-hybridized carbons (Fsp3) is 0.333. The van der Waals surface area contributed by atoms with Crippen LogP contribution in [0.1, 0.15) is 37.0 Å². The number of nitrogen functional groups attached to an aromatic ring is 1. The first kappa shape index (κ1) is 27.8. The number of hydrogen-bond acceptors (Lipinski definition) is 10. The standard InChI is InChI=1S/C22H25N9S.C2HF3O2/c1-14(2)20-26-17(25-12-15-3-5-16(6-4-15)21-24-7-10-32-21)11-18(27-20)30-8-9-31-19(13-30)28-22(23)29-31;3-2(4,5)1(6)7/h3-7,10-11,14H,8-9,12-13H2,1-2H3,(H2,23,29)(H,25,26,27);(H,6,7). The number of nitrogens with zero attached hydrogens (tertiary/aromatic N) is 7. The molecule has 0 spiro atoms. The van der Waals surface area contributed by atoms with Crippen molar-refractivity contribution < 1.29 is 23.1 Å². The number of anilines is 3. The third-order valence-corrected chi connectivity index (χ3v) is 6.42. The fourth-order valence-corrected chi connectivity index (χ4v) is 4.28. The largest absolute Gasteiger partial charge is 0.490 e. The van der Waals surface area contributed by atoms with Crippen LogP contribution in [0.5, 0.6) is 0 Å². The van der Waals surface area contributed by atoms with Crippen molar-refractivity contribution in [2.45, 2.75) is 45.6 Å². The number of aromatic nitrogens is 6. The van der Waals surface area contributed by atoms with Gasteiger partial charge in [-0.1, -0.05) is 38.1 Å². The topological polar surface area (TPSA) is 148 Å². The molecule has 1 aliphatic heterocycles. The van der Waals surface area contributed by atoms with Crippen molar-refractivity contribution in [2.75, 3.05) is 22.5 Å². The van der Waals surface area contributed by atoms with Crippen molar-refractivity contribution in [3.05, 3.63) is 59.1 Å². The SMILES string of the molecule is CC(C)c1nc(NCc2ccc(-c3nccs3)cc2)cc(N2CCn3nc(N)nc3C2)n1.O=C(O)C(F)(F)F. The molecule has 0 atom stereocenters. The number of hydrogen-bond donors (Lipinski definition) is 3. The molecule has 0 saturated heterocycles. The Morgan fingerprint density at radius 1 is 1.18 bits per heavy atom. The number of halogens is 3. The van der Waals surface area contributed by atoms with Gasteiger partial charge in [0, 0.05) is 42.2 Å². The Kier molecular flexibility index (Phi) is 8.28. The Morgan fingerprint density at radius 3 is 2.51 bits per heavy atom. The zero-order valence-corrected chi connectivity index (χ0v) is 21.9. The van der Waals surface area contributed by atoms with Crippen LogP contribution in [-0.2, 0) is 24.4 Å². The number of carboxylic acid groups (broad SMARTS) is 1. The molecule has 0 unspecified atom stereocenters. The van der Waals surface area contributed by atoms with Crippen molar-refractivity contribution in [3.8, 4) is 10.6 Å². The molecule has 3 aromatic heterocycles. The molecule has 0 saturated carbocycles. The Balaban J connectivity index is 0.000000448. The molecule has 5 rings (SSSR count). The zero-order valence-electron chi connectivity index (χ0n) is 21.1. The van der Waals surface area contributed by atoms with E-state index >= 15 is 0 Å². The molecule has 4 heterocycles. The van der Waals surface area contributed by atoms with Crippen LogP contribution in [0.4, 0.5) is 30.8 Å². The van der Waals surface area contributed by atoms with Crippen LogP contribution in [0.25, 0.3) is 10.6 Å². The Bertz CT molecular complexity index is 1410. The summed E-state index contributed by atoms with van der Waals surface area (Å²) in [5.41, 5.74) is 8.07. The summed E-state index contributed by atoms with van der Waals surface area (Å²) in [5.74, 6) is 1.15. The number of carbonyl (C=O) groups is 1. The van der Waals surface area contributed by atoms with Gasteiger partial charge in [0.1, 0.15) is 28.3 Å². The van der Waals surface area contributed by atoms with E-state index in [9.17, 15) is 13.2 Å². The zero-order chi connectivity index (χ0) is 28.2. The predicted molar refractivity (Wildman–Crippen MR) is 140 cm³/mol. The molecule has 11 nitrogen and oxygen atoms in total. The Labute approximate surface area is 225 Å². The minimum absolute atomic E-state index is 0.220. The number of fused-ring (bicyclic) bond motifs is 1. The Morgan fingerprint density at radius 2 is 1.90 bits per heavy atom. The highest BCUT2D eigenvalue weighted by Crippen LogP contribution is 2.25. The molecule has 4 aromatic rings. The van der Waals surface area contributed by atoms with E-state index in [1.54, 1.807) is 11.3 Å². The van der Waals surface area contributed by atoms with Gasteiger partial charge in [0.15, 0.2) is 0 Å². The van der Waals surface area contributed by atoms with Gasteiger partial charge in [0.25, 0.3) is 0 Å². The van der Waals surface area contributed by atoms with Gasteiger partial charge in [-0.2, -0.15) is 18.2 Å². The molecule has 1 aliphatic rings. The number of benzene rings is 1. The average molecular weight is 562 g/mol. The van der Waals surface area contributed by atoms with E-state index in [2.05, 4.69) is 63.4 Å². The van der Waals surface area contributed by atoms with Crippen molar-refractivity contribution in [1.82, 2.24) is 29.7 Å². The smallest absolute Gasteiger partial charge is 0.475 e. The summed E-state index contributed by atoms with van der Waals surface area (Å²) >= 11 is 1.64. The number of nitrogens with one attached hydrogen (secondary N) is 1. The maximum Gasteiger partial charge on any atom is 0.490 e. The number of carboxylic acids is 1. The molecule has 0 amide bonds. The van der Waals surface area contributed by atoms with E-state index in [-0.39, 0.29) is 5.92 Å². The van der Waals surface area contributed by atoms with Gasteiger partial charge in [-0.25, -0.2) is 24.4 Å². The summed E-state index contributed by atoms with van der Waals surface area (Å²) in [6.45, 7) is 7.03. The summed E-state index contributed by atoms with van der Waals surface area (Å²) in [6, 6.07) is 10.5. The summed E-state index contributed by atoms with van der Waals surface area (Å²) in [4.78, 5) is 29.3. The van der Waals surface area contributed by atoms with Crippen LogP contribution in [0.3, 0.4) is 0 Å². The van der Waals surface area contributed by atoms with Gasteiger partial charge in [-0.05, 0) is 5.56 Å². The average Bonchev–Trinajstić information content (AvgIpc) is 3.56. The number of aliphatic carboxylic acids is 1. The molecule has 0 fully saturated rings. The normalized spacial score (nSPS) is 13.0. The first-order chi connectivity index (χ1) is 18.5. The van der Waals surface area contributed by atoms with Gasteiger partial charge >= 0.3 is 12.1 Å². The second-order valence-corrected chi connectivity index (χ2v) is 9.74. The fourth-order valence-electron chi connectivity index (χ4n) is 3.64. The van der Waals surface area contributed by atoms with Gasteiger partial charge in [-0.15, -0.1) is 16.4 Å². The predicted octanol–water partition coefficient (Wildman–Crippen LogP) is 4.16. The molecule has 0 aliphatic carbocycles. The number of nitrogens with two attached hydrogens (primary N) is 1. The maximum atomic E-state index is 10.6. The molecule has 4 N–H and O–H groups in total. The highest BCUT2D eigenvalue weighted by Gasteiger charge is 2.38. The van der Waals surface area contributed by atoms with Crippen LogP contribution in [-0.4, -0.2) is 53.5 Å². The summed E-state index contributed by atoms with van der Waals surface area (Å²) in [5, 5.41) is 17.9. The molecule has 39 heavy (non-hydrogen) atoms. The van der Waals surface area contributed by atoms with E-state index in [1.165, 1.54) is 5.56 Å². The van der Waals surface area contributed by atoms with E-state index in [1.807, 2.05) is 22.3 Å². The highest BCUT2D eigenvalue weighted by atomic mass is 32.1. The summed E-state index contributed by atoms with van der Waals surface area (Å²) < 4.78 is 33.6. The van der Waals surface area contributed by atoms with Gasteiger partial charge < -0.3 is 21.1 Å². The number of rotatable bonds is 6. The Hall–Kier alpha value is -4.27. The second kappa shape index (κ2) is 11.6. The minimum atomic E-state index is -5.08. The summed E-state index contributed by atoms with van der Waals surface area (Å²) in [6.07, 6.45) is -3.25. The van der Waals surface area contributed by atoms with Gasteiger partial charge in [0.05, 0.1) is 13.1 Å². The highest BCUT2D eigenvalue weighted by molar-refractivity contribution is 7.13. The molecule has 0 radical (unpaired) electrons. The van der Waals surface area contributed by atoms with Gasteiger partial charge in [0.2, 0.25) is 5.95 Å². The molecular weight excluding hydrogens is 535 g/mol. The lowest BCUT2D eigenvalue weighted by atomic mass is 10.1. The molecule has 15 heteroatoms. The van der Waals surface area contributed by atoms with E-state index in [0.717, 1.165) is 46.9 Å². The third-order valence-electron chi connectivity index (χ3n) is 5.60. The van der Waals surface area contributed by atoms with E-state index in [4.69, 9.17) is 25.6 Å². The number of thiazole rings is 1. The van der Waals surface area contributed by atoms with Crippen molar-refractivity contribution in [1.29, 1.82) is 0 Å². The van der Waals surface area contributed by atoms with Crippen molar-refractivity contribution >= 4 is 34.9 Å². The number of alkyl halides is 3. The van der Waals surface area contributed by atoms with E-state index < -0.39 is 12.1 Å². The van der Waals surface area contributed by atoms with Crippen molar-refractivity contribution in [2.24, 2.45) is 0 Å². The lowest BCUT2D eigenvalue weighted by molar-refractivity contribution is -0.192. The molecule has 206 valence electrons. The van der Waals surface area contributed by atoms with Crippen LogP contribution >= 0.6 is 11.3 Å². The minimum Gasteiger partial charge on any atom is -0.475 e. The second-order valence-electron chi connectivity index (χ2n) is 8.85. The van der Waals surface area contributed by atoms with Crippen LogP contribution < -0.4 is 16.0 Å². The quantitative estimate of drug-likeness (QED) is 0.313. The lowest BCUT2D eigenvalue weighted by Gasteiger charge is -2.28. The van der Waals surface area contributed by atoms with Crippen molar-refractivity contribution in [3.63, 3.8) is 0 Å². The summed E-state index contributed by atoms with van der Waals surface area (Å²) in [7, 11) is 0. The monoisotopic (exact) mass is 561 g/mol.